The summed E-state index contributed by atoms with van der Waals surface area (Å²) in [5.74, 6) is 0.380. The number of nitrogen functional groups attached to an aromatic ring is 1. The van der Waals surface area contributed by atoms with Gasteiger partial charge in [0.25, 0.3) is 0 Å². The molecule has 1 amide bonds. The van der Waals surface area contributed by atoms with Gasteiger partial charge in [-0.25, -0.2) is 4.98 Å². The first-order chi connectivity index (χ1) is 9.17. The summed E-state index contributed by atoms with van der Waals surface area (Å²) >= 11 is 0. The van der Waals surface area contributed by atoms with Gasteiger partial charge in [0.05, 0.1) is 19.0 Å². The monoisotopic (exact) mass is 261 g/mol. The number of carbonyl (C=O) groups excluding carboxylic acids is 1. The summed E-state index contributed by atoms with van der Waals surface area (Å²) in [4.78, 5) is 15.7. The van der Waals surface area contributed by atoms with Crippen molar-refractivity contribution >= 4 is 11.6 Å². The zero-order valence-electron chi connectivity index (χ0n) is 10.5. The quantitative estimate of drug-likeness (QED) is 0.800. The molecule has 2 aromatic rings. The molecule has 0 aliphatic carbocycles. The van der Waals surface area contributed by atoms with Crippen LogP contribution in [0.25, 0.3) is 0 Å². The zero-order chi connectivity index (χ0) is 13.7. The van der Waals surface area contributed by atoms with Crippen LogP contribution < -0.4 is 15.8 Å². The molecule has 0 aromatic carbocycles. The second-order valence-corrected chi connectivity index (χ2v) is 3.95. The number of carbonyl (C=O) groups is 1. The Balaban J connectivity index is 1.86. The summed E-state index contributed by atoms with van der Waals surface area (Å²) in [5, 5.41) is 6.72. The van der Waals surface area contributed by atoms with Gasteiger partial charge in [0.1, 0.15) is 6.54 Å². The van der Waals surface area contributed by atoms with Crippen LogP contribution in [0.5, 0.6) is 5.88 Å². The minimum atomic E-state index is -0.140. The summed E-state index contributed by atoms with van der Waals surface area (Å²) in [6.45, 7) is 0.549. The molecule has 2 aromatic heterocycles. The van der Waals surface area contributed by atoms with Crippen molar-refractivity contribution < 1.29 is 9.53 Å². The van der Waals surface area contributed by atoms with Crippen LogP contribution in [-0.2, 0) is 17.9 Å². The number of hydrogen-bond donors (Lipinski definition) is 2. The maximum atomic E-state index is 11.7. The van der Waals surface area contributed by atoms with Gasteiger partial charge in [0.2, 0.25) is 11.8 Å². The van der Waals surface area contributed by atoms with E-state index in [2.05, 4.69) is 15.4 Å². The Bertz CT molecular complexity index is 567. The average molecular weight is 261 g/mol. The Hall–Kier alpha value is -2.57. The number of methoxy groups -OCH3 is 1. The second-order valence-electron chi connectivity index (χ2n) is 3.95. The number of ether oxygens (including phenoxy) is 1. The number of hydrogen-bond acceptors (Lipinski definition) is 5. The zero-order valence-corrected chi connectivity index (χ0v) is 10.5. The first-order valence-electron chi connectivity index (χ1n) is 5.71. The predicted octanol–water partition coefficient (Wildman–Crippen LogP) is 0.185. The highest BCUT2D eigenvalue weighted by Crippen LogP contribution is 2.08. The van der Waals surface area contributed by atoms with Crippen molar-refractivity contribution in [1.29, 1.82) is 0 Å². The molecule has 2 heterocycles. The van der Waals surface area contributed by atoms with Gasteiger partial charge in [0, 0.05) is 25.0 Å². The van der Waals surface area contributed by atoms with E-state index in [9.17, 15) is 4.79 Å². The lowest BCUT2D eigenvalue weighted by Gasteiger charge is -2.06. The molecule has 100 valence electrons. The van der Waals surface area contributed by atoms with Gasteiger partial charge >= 0.3 is 0 Å². The average Bonchev–Trinajstić information content (AvgIpc) is 2.82. The van der Waals surface area contributed by atoms with Gasteiger partial charge in [0.15, 0.2) is 0 Å². The summed E-state index contributed by atoms with van der Waals surface area (Å²) in [6, 6.07) is 3.58. The van der Waals surface area contributed by atoms with E-state index in [4.69, 9.17) is 10.5 Å². The molecule has 2 rings (SSSR count). The van der Waals surface area contributed by atoms with Gasteiger partial charge in [-0.05, 0) is 11.6 Å². The van der Waals surface area contributed by atoms with Crippen molar-refractivity contribution in [2.45, 2.75) is 13.1 Å². The van der Waals surface area contributed by atoms with Crippen LogP contribution in [0.4, 0.5) is 5.69 Å². The summed E-state index contributed by atoms with van der Waals surface area (Å²) < 4.78 is 6.49. The Morgan fingerprint density at radius 3 is 3.11 bits per heavy atom. The Morgan fingerprint density at radius 2 is 2.42 bits per heavy atom. The van der Waals surface area contributed by atoms with Crippen LogP contribution in [0.2, 0.25) is 0 Å². The molecular weight excluding hydrogens is 246 g/mol. The minimum absolute atomic E-state index is 0.138. The molecule has 7 nitrogen and oxygen atoms in total. The smallest absolute Gasteiger partial charge is 0.241 e. The summed E-state index contributed by atoms with van der Waals surface area (Å²) in [5.41, 5.74) is 6.97. The van der Waals surface area contributed by atoms with Crippen LogP contribution in [0.3, 0.4) is 0 Å². The number of amides is 1. The van der Waals surface area contributed by atoms with Gasteiger partial charge in [-0.15, -0.1) is 0 Å². The molecule has 0 radical (unpaired) electrons. The fraction of sp³-hybridized carbons (Fsp3) is 0.250. The van der Waals surface area contributed by atoms with E-state index < -0.39 is 0 Å². The van der Waals surface area contributed by atoms with Crippen LogP contribution in [-0.4, -0.2) is 27.8 Å². The van der Waals surface area contributed by atoms with E-state index in [1.165, 1.54) is 10.9 Å². The predicted molar refractivity (Wildman–Crippen MR) is 69.3 cm³/mol. The van der Waals surface area contributed by atoms with Gasteiger partial charge in [-0.3, -0.25) is 9.48 Å². The highest BCUT2D eigenvalue weighted by Gasteiger charge is 2.04. The van der Waals surface area contributed by atoms with E-state index >= 15 is 0 Å². The third-order valence-electron chi connectivity index (χ3n) is 2.46. The number of anilines is 1. The number of pyridine rings is 1. The summed E-state index contributed by atoms with van der Waals surface area (Å²) in [6.07, 6.45) is 4.74. The molecule has 0 saturated carbocycles. The maximum Gasteiger partial charge on any atom is 0.241 e. The van der Waals surface area contributed by atoms with Gasteiger partial charge in [-0.2, -0.15) is 5.10 Å². The van der Waals surface area contributed by atoms with Crippen LogP contribution in [0.15, 0.2) is 30.7 Å². The van der Waals surface area contributed by atoms with E-state index in [-0.39, 0.29) is 12.5 Å². The molecule has 0 fully saturated rings. The van der Waals surface area contributed by atoms with Crippen molar-refractivity contribution in [3.8, 4) is 5.88 Å². The maximum absolute atomic E-state index is 11.7. The van der Waals surface area contributed by atoms with Crippen LogP contribution in [0.1, 0.15) is 5.56 Å². The lowest BCUT2D eigenvalue weighted by molar-refractivity contribution is -0.122. The van der Waals surface area contributed by atoms with Crippen molar-refractivity contribution in [1.82, 2.24) is 20.1 Å². The largest absolute Gasteiger partial charge is 0.481 e. The van der Waals surface area contributed by atoms with Crippen molar-refractivity contribution in [3.63, 3.8) is 0 Å². The molecule has 0 aliphatic heterocycles. The molecular formula is C12H15N5O2. The SMILES string of the molecule is COc1cc(CNC(=O)Cn2cc(N)cn2)ccn1. The highest BCUT2D eigenvalue weighted by molar-refractivity contribution is 5.75. The number of nitrogens with one attached hydrogen (secondary N) is 1. The standard InChI is InChI=1S/C12H15N5O2/c1-19-12-4-9(2-3-14-12)5-15-11(18)8-17-7-10(13)6-16-17/h2-4,6-7H,5,8,13H2,1H3,(H,15,18). The van der Waals surface area contributed by atoms with E-state index in [0.717, 1.165) is 5.56 Å². The van der Waals surface area contributed by atoms with E-state index in [0.29, 0.717) is 18.1 Å². The molecule has 7 heteroatoms. The fourth-order valence-electron chi connectivity index (χ4n) is 1.54. The van der Waals surface area contributed by atoms with Gasteiger partial charge in [-0.1, -0.05) is 0 Å². The van der Waals surface area contributed by atoms with Crippen molar-refractivity contribution in [2.24, 2.45) is 0 Å². The summed E-state index contributed by atoms with van der Waals surface area (Å²) in [7, 11) is 1.55. The number of rotatable bonds is 5. The minimum Gasteiger partial charge on any atom is -0.481 e. The van der Waals surface area contributed by atoms with Crippen LogP contribution >= 0.6 is 0 Å². The highest BCUT2D eigenvalue weighted by atomic mass is 16.5. The first-order valence-corrected chi connectivity index (χ1v) is 5.71. The fourth-order valence-corrected chi connectivity index (χ4v) is 1.54. The van der Waals surface area contributed by atoms with E-state index in [1.54, 1.807) is 25.6 Å². The number of nitrogens with two attached hydrogens (primary N) is 1. The Kier molecular flexibility index (Phi) is 3.97. The van der Waals surface area contributed by atoms with Crippen molar-refractivity contribution in [2.75, 3.05) is 12.8 Å². The number of aromatic nitrogens is 3. The normalized spacial score (nSPS) is 10.2. The molecule has 0 atom stereocenters. The molecule has 19 heavy (non-hydrogen) atoms. The number of nitrogens with zero attached hydrogens (tertiary/aromatic N) is 3. The molecule has 0 aliphatic rings. The third kappa shape index (κ3) is 3.70. The lowest BCUT2D eigenvalue weighted by Crippen LogP contribution is -2.27. The third-order valence-corrected chi connectivity index (χ3v) is 2.46. The molecule has 3 N–H and O–H groups in total. The van der Waals surface area contributed by atoms with Crippen molar-refractivity contribution in [3.05, 3.63) is 36.3 Å². The van der Waals surface area contributed by atoms with Crippen LogP contribution in [0, 0.1) is 0 Å². The Morgan fingerprint density at radius 1 is 1.58 bits per heavy atom. The molecule has 0 saturated heterocycles. The molecule has 0 bridgehead atoms. The topological polar surface area (TPSA) is 95.1 Å². The molecule has 0 unspecified atom stereocenters. The van der Waals surface area contributed by atoms with E-state index in [1.807, 2.05) is 6.07 Å². The Labute approximate surface area is 110 Å². The first kappa shape index (κ1) is 12.9. The molecule has 0 spiro atoms. The second kappa shape index (κ2) is 5.85. The van der Waals surface area contributed by atoms with Gasteiger partial charge < -0.3 is 15.8 Å². The lowest BCUT2D eigenvalue weighted by atomic mass is 10.2.